The van der Waals surface area contributed by atoms with Gasteiger partial charge < -0.3 is 10.1 Å². The van der Waals surface area contributed by atoms with Gasteiger partial charge in [-0.15, -0.1) is 0 Å². The van der Waals surface area contributed by atoms with Crippen LogP contribution in [0.25, 0.3) is 0 Å². The van der Waals surface area contributed by atoms with Crippen LogP contribution in [0.5, 0.6) is 5.75 Å². The molecule has 1 aliphatic rings. The van der Waals surface area contributed by atoms with Gasteiger partial charge in [-0.3, -0.25) is 24.5 Å². The highest BCUT2D eigenvalue weighted by Crippen LogP contribution is 2.34. The van der Waals surface area contributed by atoms with Crippen LogP contribution in [0.4, 0.5) is 17.1 Å². The molecule has 0 radical (unpaired) electrons. The van der Waals surface area contributed by atoms with E-state index in [1.807, 2.05) is 0 Å². The molecule has 0 unspecified atom stereocenters. The quantitative estimate of drug-likeness (QED) is 0.350. The Balaban J connectivity index is 1.67. The van der Waals surface area contributed by atoms with Crippen molar-refractivity contribution in [3.63, 3.8) is 0 Å². The van der Waals surface area contributed by atoms with Gasteiger partial charge in [-0.25, -0.2) is 4.90 Å². The first kappa shape index (κ1) is 21.0. The van der Waals surface area contributed by atoms with E-state index in [9.17, 15) is 24.5 Å². The number of carbonyl (C=O) groups is 3. The zero-order chi connectivity index (χ0) is 23.0. The van der Waals surface area contributed by atoms with E-state index in [0.717, 1.165) is 11.0 Å². The summed E-state index contributed by atoms with van der Waals surface area (Å²) in [6.45, 7) is 0. The summed E-state index contributed by atoms with van der Waals surface area (Å²) in [4.78, 5) is 49.9. The molecule has 3 aromatic rings. The van der Waals surface area contributed by atoms with Crippen molar-refractivity contribution < 1.29 is 24.0 Å². The number of nitro groups is 1. The van der Waals surface area contributed by atoms with Crippen molar-refractivity contribution >= 4 is 46.4 Å². The van der Waals surface area contributed by atoms with E-state index in [2.05, 4.69) is 5.32 Å². The van der Waals surface area contributed by atoms with Gasteiger partial charge in [0.15, 0.2) is 0 Å². The van der Waals surface area contributed by atoms with Crippen LogP contribution in [0.15, 0.2) is 60.7 Å². The Bertz CT molecular complexity index is 1310. The van der Waals surface area contributed by atoms with Crippen molar-refractivity contribution in [2.45, 2.75) is 0 Å². The minimum absolute atomic E-state index is 0.0669. The number of rotatable bonds is 5. The van der Waals surface area contributed by atoms with Gasteiger partial charge in [0, 0.05) is 16.7 Å². The van der Waals surface area contributed by atoms with Gasteiger partial charge in [0.2, 0.25) is 0 Å². The second kappa shape index (κ2) is 8.12. The summed E-state index contributed by atoms with van der Waals surface area (Å²) < 4.78 is 5.21. The number of carbonyl (C=O) groups excluding carboxylic acids is 3. The van der Waals surface area contributed by atoms with Crippen LogP contribution in [-0.4, -0.2) is 29.8 Å². The number of nitro benzene ring substituents is 1. The summed E-state index contributed by atoms with van der Waals surface area (Å²) in [5.74, 6) is -1.67. The first-order chi connectivity index (χ1) is 15.3. The average molecular weight is 452 g/mol. The molecule has 10 heteroatoms. The first-order valence-corrected chi connectivity index (χ1v) is 9.60. The number of methoxy groups -OCH3 is 1. The summed E-state index contributed by atoms with van der Waals surface area (Å²) in [6.07, 6.45) is 0. The highest BCUT2D eigenvalue weighted by atomic mass is 35.5. The van der Waals surface area contributed by atoms with Gasteiger partial charge in [-0.05, 0) is 42.5 Å². The Labute approximate surface area is 186 Å². The molecule has 4 rings (SSSR count). The zero-order valence-electron chi connectivity index (χ0n) is 16.5. The van der Waals surface area contributed by atoms with Crippen LogP contribution < -0.4 is 15.0 Å². The first-order valence-electron chi connectivity index (χ1n) is 9.23. The highest BCUT2D eigenvalue weighted by Gasteiger charge is 2.41. The number of imide groups is 1. The summed E-state index contributed by atoms with van der Waals surface area (Å²) in [7, 11) is 1.45. The van der Waals surface area contributed by atoms with Crippen LogP contribution >= 0.6 is 11.6 Å². The topological polar surface area (TPSA) is 119 Å². The Morgan fingerprint density at radius 3 is 2.53 bits per heavy atom. The minimum Gasteiger partial charge on any atom is -0.495 e. The molecule has 1 heterocycles. The molecular weight excluding hydrogens is 438 g/mol. The van der Waals surface area contributed by atoms with Crippen molar-refractivity contribution in [1.29, 1.82) is 0 Å². The maximum atomic E-state index is 12.9. The summed E-state index contributed by atoms with van der Waals surface area (Å²) >= 11 is 5.99. The van der Waals surface area contributed by atoms with Gasteiger partial charge in [0.1, 0.15) is 11.3 Å². The molecule has 32 heavy (non-hydrogen) atoms. The fourth-order valence-electron chi connectivity index (χ4n) is 3.41. The second-order valence-corrected chi connectivity index (χ2v) is 7.19. The standard InChI is InChI=1S/C22H14ClN3O6/c1-32-18-9-8-13(23)11-16(18)24-20(27)12-4-2-5-14(10-12)25-21(28)15-6-3-7-17(26(30)31)19(15)22(25)29/h2-11H,1H3,(H,24,27). The number of nitrogens with one attached hydrogen (secondary N) is 1. The molecule has 0 saturated heterocycles. The van der Waals surface area contributed by atoms with E-state index in [4.69, 9.17) is 16.3 Å². The molecule has 160 valence electrons. The average Bonchev–Trinajstić information content (AvgIpc) is 3.04. The normalized spacial score (nSPS) is 12.5. The van der Waals surface area contributed by atoms with Crippen molar-refractivity contribution in [3.8, 4) is 5.75 Å². The SMILES string of the molecule is COc1ccc(Cl)cc1NC(=O)c1cccc(N2C(=O)c3cccc([N+](=O)[O-])c3C2=O)c1. The number of halogens is 1. The van der Waals surface area contributed by atoms with Gasteiger partial charge in [0.25, 0.3) is 23.4 Å². The largest absolute Gasteiger partial charge is 0.495 e. The van der Waals surface area contributed by atoms with Crippen molar-refractivity contribution in [1.82, 2.24) is 0 Å². The van der Waals surface area contributed by atoms with E-state index in [0.29, 0.717) is 16.5 Å². The maximum Gasteiger partial charge on any atom is 0.283 e. The van der Waals surface area contributed by atoms with Crippen LogP contribution in [0.1, 0.15) is 31.1 Å². The molecule has 1 N–H and O–H groups in total. The van der Waals surface area contributed by atoms with Crippen LogP contribution in [0.3, 0.4) is 0 Å². The number of amides is 3. The van der Waals surface area contributed by atoms with E-state index in [1.165, 1.54) is 49.6 Å². The Hall–Kier alpha value is -4.24. The molecule has 0 saturated carbocycles. The van der Waals surface area contributed by atoms with Crippen LogP contribution in [0, 0.1) is 10.1 Å². The monoisotopic (exact) mass is 451 g/mol. The Kier molecular flexibility index (Phi) is 5.33. The molecule has 9 nitrogen and oxygen atoms in total. The van der Waals surface area contributed by atoms with Crippen molar-refractivity contribution in [3.05, 3.63) is 92.5 Å². The number of benzene rings is 3. The summed E-state index contributed by atoms with van der Waals surface area (Å²) in [5.41, 5.74) is -0.201. The van der Waals surface area contributed by atoms with Crippen LogP contribution in [0.2, 0.25) is 5.02 Å². The smallest absolute Gasteiger partial charge is 0.283 e. The lowest BCUT2D eigenvalue weighted by Gasteiger charge is -2.15. The number of ether oxygens (including phenoxy) is 1. The predicted molar refractivity (Wildman–Crippen MR) is 117 cm³/mol. The summed E-state index contributed by atoms with van der Waals surface area (Å²) in [5, 5.41) is 14.4. The van der Waals surface area contributed by atoms with E-state index in [1.54, 1.807) is 12.1 Å². The van der Waals surface area contributed by atoms with E-state index < -0.39 is 28.3 Å². The third-order valence-electron chi connectivity index (χ3n) is 4.87. The van der Waals surface area contributed by atoms with Crippen molar-refractivity contribution in [2.24, 2.45) is 0 Å². The number of anilines is 2. The molecule has 0 spiro atoms. The molecular formula is C22H14ClN3O6. The molecule has 0 atom stereocenters. The third-order valence-corrected chi connectivity index (χ3v) is 5.10. The fourth-order valence-corrected chi connectivity index (χ4v) is 3.58. The van der Waals surface area contributed by atoms with Gasteiger partial charge in [-0.2, -0.15) is 0 Å². The van der Waals surface area contributed by atoms with Gasteiger partial charge >= 0.3 is 0 Å². The number of nitrogens with zero attached hydrogens (tertiary/aromatic N) is 2. The number of hydrogen-bond acceptors (Lipinski definition) is 6. The molecule has 3 amide bonds. The molecule has 3 aromatic carbocycles. The van der Waals surface area contributed by atoms with Crippen LogP contribution in [-0.2, 0) is 0 Å². The minimum atomic E-state index is -0.827. The second-order valence-electron chi connectivity index (χ2n) is 6.75. The summed E-state index contributed by atoms with van der Waals surface area (Å²) in [6, 6.07) is 14.4. The maximum absolute atomic E-state index is 12.9. The zero-order valence-corrected chi connectivity index (χ0v) is 17.3. The molecule has 0 aromatic heterocycles. The molecule has 0 fully saturated rings. The van der Waals surface area contributed by atoms with Gasteiger partial charge in [0.05, 0.1) is 29.0 Å². The Morgan fingerprint density at radius 1 is 1.06 bits per heavy atom. The Morgan fingerprint density at radius 2 is 1.81 bits per heavy atom. The fraction of sp³-hybridized carbons (Fsp3) is 0.0455. The lowest BCUT2D eigenvalue weighted by molar-refractivity contribution is -0.385. The van der Waals surface area contributed by atoms with Crippen molar-refractivity contribution in [2.75, 3.05) is 17.3 Å². The number of fused-ring (bicyclic) bond motifs is 1. The molecule has 0 bridgehead atoms. The lowest BCUT2D eigenvalue weighted by atomic mass is 10.1. The predicted octanol–water partition coefficient (Wildman–Crippen LogP) is 4.31. The van der Waals surface area contributed by atoms with Gasteiger partial charge in [-0.1, -0.05) is 23.7 Å². The van der Waals surface area contributed by atoms with E-state index >= 15 is 0 Å². The lowest BCUT2D eigenvalue weighted by Crippen LogP contribution is -2.29. The van der Waals surface area contributed by atoms with E-state index in [-0.39, 0.29) is 22.4 Å². The molecule has 0 aliphatic carbocycles. The molecule has 1 aliphatic heterocycles. The third kappa shape index (κ3) is 3.54. The number of hydrogen-bond donors (Lipinski definition) is 1. The highest BCUT2D eigenvalue weighted by molar-refractivity contribution is 6.35.